The van der Waals surface area contributed by atoms with Crippen LogP contribution in [0.25, 0.3) is 0 Å². The van der Waals surface area contributed by atoms with Crippen LogP contribution in [0, 0.1) is 12.8 Å². The highest BCUT2D eigenvalue weighted by molar-refractivity contribution is 7.12. The zero-order chi connectivity index (χ0) is 17.1. The fourth-order valence-corrected chi connectivity index (χ4v) is 3.74. The SMILES string of the molecule is Cc1cc(CN(C)C(=O)[C@@H]2CCCN(C(=O)c3cccs3)C2)no1. The highest BCUT2D eigenvalue weighted by Gasteiger charge is 2.31. The minimum atomic E-state index is -0.152. The van der Waals surface area contributed by atoms with Crippen LogP contribution < -0.4 is 0 Å². The third kappa shape index (κ3) is 3.67. The first-order chi connectivity index (χ1) is 11.5. The number of carbonyl (C=O) groups is 2. The number of piperidine rings is 1. The predicted molar refractivity (Wildman–Crippen MR) is 90.7 cm³/mol. The Morgan fingerprint density at radius 1 is 1.50 bits per heavy atom. The van der Waals surface area contributed by atoms with Crippen molar-refractivity contribution in [3.8, 4) is 0 Å². The maximum absolute atomic E-state index is 12.7. The molecule has 6 nitrogen and oxygen atoms in total. The van der Waals surface area contributed by atoms with E-state index in [1.165, 1.54) is 11.3 Å². The number of likely N-dealkylation sites (tertiary alicyclic amines) is 1. The van der Waals surface area contributed by atoms with Crippen LogP contribution >= 0.6 is 11.3 Å². The van der Waals surface area contributed by atoms with Gasteiger partial charge in [0.1, 0.15) is 11.5 Å². The van der Waals surface area contributed by atoms with Crippen molar-refractivity contribution in [3.63, 3.8) is 0 Å². The van der Waals surface area contributed by atoms with Gasteiger partial charge in [0, 0.05) is 26.2 Å². The van der Waals surface area contributed by atoms with E-state index in [0.717, 1.165) is 29.2 Å². The number of thiophene rings is 1. The summed E-state index contributed by atoms with van der Waals surface area (Å²) in [6.07, 6.45) is 1.67. The number of carbonyl (C=O) groups excluding carboxylic acids is 2. The van der Waals surface area contributed by atoms with Gasteiger partial charge in [-0.3, -0.25) is 9.59 Å². The second-order valence-corrected chi connectivity index (χ2v) is 7.14. The van der Waals surface area contributed by atoms with Gasteiger partial charge in [-0.1, -0.05) is 11.2 Å². The van der Waals surface area contributed by atoms with Gasteiger partial charge < -0.3 is 14.3 Å². The van der Waals surface area contributed by atoms with Gasteiger partial charge in [-0.25, -0.2) is 0 Å². The fraction of sp³-hybridized carbons (Fsp3) is 0.471. The minimum absolute atomic E-state index is 0.0253. The molecule has 1 atom stereocenters. The van der Waals surface area contributed by atoms with Crippen molar-refractivity contribution >= 4 is 23.2 Å². The van der Waals surface area contributed by atoms with Gasteiger partial charge in [-0.2, -0.15) is 0 Å². The molecule has 3 heterocycles. The maximum Gasteiger partial charge on any atom is 0.263 e. The Morgan fingerprint density at radius 2 is 2.33 bits per heavy atom. The summed E-state index contributed by atoms with van der Waals surface area (Å²) in [6, 6.07) is 5.53. The second-order valence-electron chi connectivity index (χ2n) is 6.19. The molecular weight excluding hydrogens is 326 g/mol. The molecule has 3 rings (SSSR count). The molecule has 24 heavy (non-hydrogen) atoms. The molecular formula is C17H21N3O3S. The van der Waals surface area contributed by atoms with Gasteiger partial charge in [0.25, 0.3) is 5.91 Å². The summed E-state index contributed by atoms with van der Waals surface area (Å²) < 4.78 is 5.04. The standard InChI is InChI=1S/C17H21N3O3S/c1-12-9-14(18-23-12)11-19(2)16(21)13-5-3-7-20(10-13)17(22)15-6-4-8-24-15/h4,6,8-9,13H,3,5,7,10-11H2,1-2H3/t13-/m1/s1. The lowest BCUT2D eigenvalue weighted by atomic mass is 9.96. The molecule has 0 saturated carbocycles. The van der Waals surface area contributed by atoms with Crippen molar-refractivity contribution in [1.29, 1.82) is 0 Å². The molecule has 2 aromatic rings. The van der Waals surface area contributed by atoms with Gasteiger partial charge in [0.2, 0.25) is 5.91 Å². The number of aryl methyl sites for hydroxylation is 1. The van der Waals surface area contributed by atoms with Crippen molar-refractivity contribution in [1.82, 2.24) is 15.0 Å². The second kappa shape index (κ2) is 7.17. The third-order valence-electron chi connectivity index (χ3n) is 4.24. The Hall–Kier alpha value is -2.15. The van der Waals surface area contributed by atoms with Crippen molar-refractivity contribution < 1.29 is 14.1 Å². The number of nitrogens with zero attached hydrogens (tertiary/aromatic N) is 3. The zero-order valence-corrected chi connectivity index (χ0v) is 14.7. The van der Waals surface area contributed by atoms with E-state index in [2.05, 4.69) is 5.16 Å². The average Bonchev–Trinajstić information content (AvgIpc) is 3.25. The summed E-state index contributed by atoms with van der Waals surface area (Å²) in [5, 5.41) is 5.82. The average molecular weight is 347 g/mol. The highest BCUT2D eigenvalue weighted by Crippen LogP contribution is 2.22. The van der Waals surface area contributed by atoms with Crippen molar-refractivity contribution in [2.24, 2.45) is 5.92 Å². The van der Waals surface area contributed by atoms with Crippen molar-refractivity contribution in [2.75, 3.05) is 20.1 Å². The Bertz CT molecular complexity index is 710. The lowest BCUT2D eigenvalue weighted by molar-refractivity contribution is -0.136. The number of amides is 2. The molecule has 0 radical (unpaired) electrons. The summed E-state index contributed by atoms with van der Waals surface area (Å²) in [6.45, 7) is 3.45. The lowest BCUT2D eigenvalue weighted by Crippen LogP contribution is -2.45. The topological polar surface area (TPSA) is 66.7 Å². The van der Waals surface area contributed by atoms with E-state index < -0.39 is 0 Å². The third-order valence-corrected chi connectivity index (χ3v) is 5.10. The monoisotopic (exact) mass is 347 g/mol. The predicted octanol–water partition coefficient (Wildman–Crippen LogP) is 2.56. The van der Waals surface area contributed by atoms with Gasteiger partial charge in [-0.15, -0.1) is 11.3 Å². The van der Waals surface area contributed by atoms with Crippen LogP contribution in [0.2, 0.25) is 0 Å². The number of hydrogen-bond donors (Lipinski definition) is 0. The highest BCUT2D eigenvalue weighted by atomic mass is 32.1. The smallest absolute Gasteiger partial charge is 0.263 e. The number of rotatable bonds is 4. The van der Waals surface area contributed by atoms with E-state index >= 15 is 0 Å². The summed E-state index contributed by atoms with van der Waals surface area (Å²) in [7, 11) is 1.77. The molecule has 1 aliphatic heterocycles. The molecule has 0 aliphatic carbocycles. The molecule has 2 amide bonds. The van der Waals surface area contributed by atoms with Crippen LogP contribution in [0.15, 0.2) is 28.1 Å². The Kier molecular flexibility index (Phi) is 4.99. The summed E-state index contributed by atoms with van der Waals surface area (Å²) in [5.74, 6) is 0.661. The van der Waals surface area contributed by atoms with Gasteiger partial charge in [0.15, 0.2) is 0 Å². The molecule has 0 bridgehead atoms. The first-order valence-electron chi connectivity index (χ1n) is 8.04. The summed E-state index contributed by atoms with van der Waals surface area (Å²) >= 11 is 1.44. The summed E-state index contributed by atoms with van der Waals surface area (Å²) in [5.41, 5.74) is 0.741. The van der Waals surface area contributed by atoms with E-state index in [1.807, 2.05) is 30.5 Å². The molecule has 0 N–H and O–H groups in total. The van der Waals surface area contributed by atoms with E-state index in [4.69, 9.17) is 4.52 Å². The molecule has 1 fully saturated rings. The van der Waals surface area contributed by atoms with E-state index in [0.29, 0.717) is 19.6 Å². The quantitative estimate of drug-likeness (QED) is 0.852. The largest absolute Gasteiger partial charge is 0.361 e. The lowest BCUT2D eigenvalue weighted by Gasteiger charge is -2.33. The molecule has 0 unspecified atom stereocenters. The van der Waals surface area contributed by atoms with Crippen LogP contribution in [-0.2, 0) is 11.3 Å². The van der Waals surface area contributed by atoms with Crippen molar-refractivity contribution in [3.05, 3.63) is 39.9 Å². The van der Waals surface area contributed by atoms with Gasteiger partial charge >= 0.3 is 0 Å². The Labute approximate surface area is 145 Å². The van der Waals surface area contributed by atoms with Crippen LogP contribution in [-0.4, -0.2) is 46.9 Å². The number of hydrogen-bond acceptors (Lipinski definition) is 5. The molecule has 0 aromatic carbocycles. The molecule has 2 aromatic heterocycles. The normalized spacial score (nSPS) is 17.8. The minimum Gasteiger partial charge on any atom is -0.361 e. The van der Waals surface area contributed by atoms with Crippen molar-refractivity contribution in [2.45, 2.75) is 26.3 Å². The first kappa shape index (κ1) is 16.7. The van der Waals surface area contributed by atoms with Crippen LogP contribution in [0.1, 0.15) is 34.0 Å². The van der Waals surface area contributed by atoms with E-state index in [9.17, 15) is 9.59 Å². The fourth-order valence-electron chi connectivity index (χ4n) is 3.04. The molecule has 0 spiro atoms. The van der Waals surface area contributed by atoms with Crippen LogP contribution in [0.4, 0.5) is 0 Å². The molecule has 1 aliphatic rings. The van der Waals surface area contributed by atoms with Crippen LogP contribution in [0.5, 0.6) is 0 Å². The first-order valence-corrected chi connectivity index (χ1v) is 8.92. The molecule has 7 heteroatoms. The van der Waals surface area contributed by atoms with Crippen LogP contribution in [0.3, 0.4) is 0 Å². The zero-order valence-electron chi connectivity index (χ0n) is 13.9. The Balaban J connectivity index is 1.61. The van der Waals surface area contributed by atoms with E-state index in [-0.39, 0.29) is 17.7 Å². The molecule has 128 valence electrons. The summed E-state index contributed by atoms with van der Waals surface area (Å²) in [4.78, 5) is 29.4. The maximum atomic E-state index is 12.7. The molecule has 1 saturated heterocycles. The number of aromatic nitrogens is 1. The van der Waals surface area contributed by atoms with Gasteiger partial charge in [0.05, 0.1) is 17.3 Å². The van der Waals surface area contributed by atoms with Gasteiger partial charge in [-0.05, 0) is 31.2 Å². The van der Waals surface area contributed by atoms with E-state index in [1.54, 1.807) is 16.8 Å². The Morgan fingerprint density at radius 3 is 3.00 bits per heavy atom.